The second-order valence-electron chi connectivity index (χ2n) is 5.72. The molecule has 5 heteroatoms. The van der Waals surface area contributed by atoms with Crippen molar-refractivity contribution in [3.8, 4) is 5.75 Å². The van der Waals surface area contributed by atoms with E-state index in [9.17, 15) is 0 Å². The summed E-state index contributed by atoms with van der Waals surface area (Å²) in [5.41, 5.74) is 8.68. The Morgan fingerprint density at radius 2 is 2.29 bits per heavy atom. The molecule has 0 amide bonds. The van der Waals surface area contributed by atoms with Gasteiger partial charge in [-0.3, -0.25) is 4.90 Å². The molecule has 2 aliphatic rings. The molecular weight excluding hydrogens is 264 g/mol. The predicted octanol–water partition coefficient (Wildman–Crippen LogP) is 1.33. The molecule has 2 aromatic rings. The molecule has 1 unspecified atom stereocenters. The topological polar surface area (TPSA) is 56.3 Å². The lowest BCUT2D eigenvalue weighted by atomic mass is 10.0. The van der Waals surface area contributed by atoms with Crippen LogP contribution >= 0.6 is 0 Å². The van der Waals surface area contributed by atoms with Crippen molar-refractivity contribution in [1.29, 1.82) is 0 Å². The lowest BCUT2D eigenvalue weighted by molar-refractivity contribution is 0.156. The molecule has 3 heterocycles. The monoisotopic (exact) mass is 284 g/mol. The van der Waals surface area contributed by atoms with Crippen LogP contribution in [0, 0.1) is 0 Å². The van der Waals surface area contributed by atoms with Gasteiger partial charge in [-0.15, -0.1) is 0 Å². The third-order valence-electron chi connectivity index (χ3n) is 4.54. The van der Waals surface area contributed by atoms with Gasteiger partial charge in [-0.25, -0.2) is 4.98 Å². The van der Waals surface area contributed by atoms with Crippen molar-refractivity contribution in [3.05, 3.63) is 47.5 Å². The molecule has 1 aromatic heterocycles. The van der Waals surface area contributed by atoms with Crippen molar-refractivity contribution in [2.45, 2.75) is 25.6 Å². The van der Waals surface area contributed by atoms with Crippen LogP contribution in [0.15, 0.2) is 30.6 Å². The summed E-state index contributed by atoms with van der Waals surface area (Å²) in [7, 11) is 0. The van der Waals surface area contributed by atoms with Crippen molar-refractivity contribution in [1.82, 2.24) is 14.5 Å². The molecular formula is C16H20N4O. The summed E-state index contributed by atoms with van der Waals surface area (Å²) in [6, 6.07) is 6.76. The Kier molecular flexibility index (Phi) is 3.16. The third kappa shape index (κ3) is 2.22. The van der Waals surface area contributed by atoms with Crippen LogP contribution in [-0.2, 0) is 19.5 Å². The van der Waals surface area contributed by atoms with Crippen LogP contribution in [0.1, 0.15) is 23.0 Å². The summed E-state index contributed by atoms with van der Waals surface area (Å²) in [5.74, 6) is 2.16. The van der Waals surface area contributed by atoms with Gasteiger partial charge in [-0.05, 0) is 17.2 Å². The number of benzene rings is 1. The number of rotatable bonds is 3. The summed E-state index contributed by atoms with van der Waals surface area (Å²) >= 11 is 0. The first-order valence-electron chi connectivity index (χ1n) is 7.55. The maximum Gasteiger partial charge on any atom is 0.122 e. The molecule has 0 spiro atoms. The highest BCUT2D eigenvalue weighted by molar-refractivity contribution is 5.41. The maximum absolute atomic E-state index is 6.08. The molecule has 0 saturated carbocycles. The van der Waals surface area contributed by atoms with Crippen molar-refractivity contribution >= 4 is 0 Å². The lowest BCUT2D eigenvalue weighted by Gasteiger charge is -2.34. The predicted molar refractivity (Wildman–Crippen MR) is 80.1 cm³/mol. The smallest absolute Gasteiger partial charge is 0.122 e. The van der Waals surface area contributed by atoms with Crippen LogP contribution in [0.2, 0.25) is 0 Å². The largest absolute Gasteiger partial charge is 0.493 e. The van der Waals surface area contributed by atoms with Crippen molar-refractivity contribution < 1.29 is 4.74 Å². The van der Waals surface area contributed by atoms with Gasteiger partial charge in [-0.2, -0.15) is 0 Å². The summed E-state index contributed by atoms with van der Waals surface area (Å²) in [6.07, 6.45) is 4.94. The minimum absolute atomic E-state index is 0.251. The fourth-order valence-corrected chi connectivity index (χ4v) is 3.37. The number of nitrogens with two attached hydrogens (primary N) is 1. The molecule has 2 aliphatic heterocycles. The van der Waals surface area contributed by atoms with Crippen LogP contribution in [0.4, 0.5) is 0 Å². The standard InChI is InChI=1S/C16H20N4O/c17-10-14(12-1-2-15-13(9-12)3-8-21-15)20-7-6-19-5-4-18-16(19)11-20/h1-2,4-5,9,14H,3,6-8,10-11,17H2. The zero-order valence-electron chi connectivity index (χ0n) is 12.0. The molecule has 0 saturated heterocycles. The Balaban J connectivity index is 1.60. The van der Waals surface area contributed by atoms with E-state index in [-0.39, 0.29) is 6.04 Å². The van der Waals surface area contributed by atoms with Crippen LogP contribution in [0.3, 0.4) is 0 Å². The third-order valence-corrected chi connectivity index (χ3v) is 4.54. The van der Waals surface area contributed by atoms with Crippen LogP contribution in [-0.4, -0.2) is 34.1 Å². The number of ether oxygens (including phenoxy) is 1. The Morgan fingerprint density at radius 1 is 1.33 bits per heavy atom. The molecule has 0 fully saturated rings. The summed E-state index contributed by atoms with van der Waals surface area (Å²) in [4.78, 5) is 6.87. The van der Waals surface area contributed by atoms with E-state index in [1.165, 1.54) is 11.1 Å². The van der Waals surface area contributed by atoms with Crippen molar-refractivity contribution in [2.24, 2.45) is 5.73 Å². The van der Waals surface area contributed by atoms with E-state index in [1.807, 2.05) is 6.20 Å². The molecule has 0 aliphatic carbocycles. The molecule has 5 nitrogen and oxygen atoms in total. The Morgan fingerprint density at radius 3 is 3.19 bits per heavy atom. The van der Waals surface area contributed by atoms with Gasteiger partial charge in [0.15, 0.2) is 0 Å². The van der Waals surface area contributed by atoms with Crippen molar-refractivity contribution in [2.75, 3.05) is 19.7 Å². The molecule has 4 rings (SSSR count). The molecule has 2 N–H and O–H groups in total. The zero-order chi connectivity index (χ0) is 14.2. The van der Waals surface area contributed by atoms with Gasteiger partial charge in [0.2, 0.25) is 0 Å². The minimum Gasteiger partial charge on any atom is -0.493 e. The molecule has 0 radical (unpaired) electrons. The minimum atomic E-state index is 0.251. The highest BCUT2D eigenvalue weighted by atomic mass is 16.5. The number of nitrogens with zero attached hydrogens (tertiary/aromatic N) is 3. The first-order chi connectivity index (χ1) is 10.3. The Labute approximate surface area is 124 Å². The number of imidazole rings is 1. The average Bonchev–Trinajstić information content (AvgIpc) is 3.15. The fourth-order valence-electron chi connectivity index (χ4n) is 3.37. The lowest BCUT2D eigenvalue weighted by Crippen LogP contribution is -2.39. The average molecular weight is 284 g/mol. The molecule has 0 bridgehead atoms. The highest BCUT2D eigenvalue weighted by Gasteiger charge is 2.25. The summed E-state index contributed by atoms with van der Waals surface area (Å²) < 4.78 is 7.81. The van der Waals surface area contributed by atoms with Gasteiger partial charge in [0, 0.05) is 44.5 Å². The van der Waals surface area contributed by atoms with E-state index in [1.54, 1.807) is 0 Å². The highest BCUT2D eigenvalue weighted by Crippen LogP contribution is 2.31. The second kappa shape index (κ2) is 5.16. The van der Waals surface area contributed by atoms with E-state index in [4.69, 9.17) is 10.5 Å². The van der Waals surface area contributed by atoms with Crippen LogP contribution < -0.4 is 10.5 Å². The van der Waals surface area contributed by atoms with E-state index in [0.29, 0.717) is 6.54 Å². The van der Waals surface area contributed by atoms with E-state index >= 15 is 0 Å². The summed E-state index contributed by atoms with van der Waals surface area (Å²) in [6.45, 7) is 4.29. The maximum atomic E-state index is 6.08. The van der Waals surface area contributed by atoms with Gasteiger partial charge in [0.25, 0.3) is 0 Å². The van der Waals surface area contributed by atoms with Gasteiger partial charge >= 0.3 is 0 Å². The van der Waals surface area contributed by atoms with E-state index < -0.39 is 0 Å². The normalized spacial score (nSPS) is 18.9. The molecule has 1 atom stereocenters. The first kappa shape index (κ1) is 12.9. The van der Waals surface area contributed by atoms with Crippen LogP contribution in [0.25, 0.3) is 0 Å². The molecule has 21 heavy (non-hydrogen) atoms. The van der Waals surface area contributed by atoms with Gasteiger partial charge < -0.3 is 15.0 Å². The van der Waals surface area contributed by atoms with Crippen LogP contribution in [0.5, 0.6) is 5.75 Å². The second-order valence-corrected chi connectivity index (χ2v) is 5.72. The first-order valence-corrected chi connectivity index (χ1v) is 7.55. The number of aromatic nitrogens is 2. The zero-order valence-corrected chi connectivity index (χ0v) is 12.0. The molecule has 1 aromatic carbocycles. The SMILES string of the molecule is NCC(c1ccc2c(c1)CCO2)N1CCn2ccnc2C1. The number of fused-ring (bicyclic) bond motifs is 2. The fraction of sp³-hybridized carbons (Fsp3) is 0.438. The Hall–Kier alpha value is -1.85. The van der Waals surface area contributed by atoms with E-state index in [2.05, 4.69) is 38.8 Å². The quantitative estimate of drug-likeness (QED) is 0.924. The summed E-state index contributed by atoms with van der Waals surface area (Å²) in [5, 5.41) is 0. The number of hydrogen-bond donors (Lipinski definition) is 1. The van der Waals surface area contributed by atoms with Gasteiger partial charge in [0.05, 0.1) is 13.2 Å². The van der Waals surface area contributed by atoms with E-state index in [0.717, 1.165) is 44.2 Å². The van der Waals surface area contributed by atoms with Gasteiger partial charge in [0.1, 0.15) is 11.6 Å². The van der Waals surface area contributed by atoms with Crippen molar-refractivity contribution in [3.63, 3.8) is 0 Å². The van der Waals surface area contributed by atoms with Gasteiger partial charge in [-0.1, -0.05) is 12.1 Å². The Bertz CT molecular complexity index is 651. The number of hydrogen-bond acceptors (Lipinski definition) is 4. The molecule has 110 valence electrons.